The number of benzene rings is 1. The summed E-state index contributed by atoms with van der Waals surface area (Å²) in [6.07, 6.45) is 0.663. The fraction of sp³-hybridized carbons (Fsp3) is 0.381. The maximum atomic E-state index is 12.8. The van der Waals surface area contributed by atoms with Crippen LogP contribution in [0.5, 0.6) is 0 Å². The number of fused-ring (bicyclic) bond motifs is 1. The number of ether oxygens (including phenoxy) is 1. The molecule has 2 atom stereocenters. The van der Waals surface area contributed by atoms with Crippen LogP contribution in [0.1, 0.15) is 21.7 Å². The Morgan fingerprint density at radius 1 is 1.15 bits per heavy atom. The summed E-state index contributed by atoms with van der Waals surface area (Å²) in [6, 6.07) is 15.5. The zero-order valence-electron chi connectivity index (χ0n) is 15.4. The Balaban J connectivity index is 1.46. The number of aryl methyl sites for hydroxylation is 1. The molecule has 1 aromatic heterocycles. The van der Waals surface area contributed by atoms with Gasteiger partial charge in [-0.1, -0.05) is 36.4 Å². The van der Waals surface area contributed by atoms with Crippen molar-refractivity contribution in [3.8, 4) is 0 Å². The van der Waals surface area contributed by atoms with Crippen LogP contribution in [0.2, 0.25) is 0 Å². The van der Waals surface area contributed by atoms with Gasteiger partial charge < -0.3 is 14.5 Å². The van der Waals surface area contributed by atoms with Gasteiger partial charge in [-0.3, -0.25) is 9.59 Å². The molecule has 0 saturated carbocycles. The molecule has 1 aromatic carbocycles. The van der Waals surface area contributed by atoms with Crippen molar-refractivity contribution in [1.29, 1.82) is 0 Å². The summed E-state index contributed by atoms with van der Waals surface area (Å²) in [4.78, 5) is 33.2. The molecule has 0 unspecified atom stereocenters. The highest BCUT2D eigenvalue weighted by atomic mass is 16.5. The Kier molecular flexibility index (Phi) is 4.90. The highest BCUT2D eigenvalue weighted by Gasteiger charge is 2.44. The Morgan fingerprint density at radius 2 is 1.96 bits per heavy atom. The summed E-state index contributed by atoms with van der Waals surface area (Å²) in [5.74, 6) is -0.109. The van der Waals surface area contributed by atoms with Gasteiger partial charge in [-0.15, -0.1) is 0 Å². The summed E-state index contributed by atoms with van der Waals surface area (Å²) < 4.78 is 5.73. The third-order valence-electron chi connectivity index (χ3n) is 5.26. The summed E-state index contributed by atoms with van der Waals surface area (Å²) >= 11 is 0. The topological polar surface area (TPSA) is 62.7 Å². The lowest BCUT2D eigenvalue weighted by molar-refractivity contribution is -0.152. The van der Waals surface area contributed by atoms with E-state index in [-0.39, 0.29) is 30.6 Å². The van der Waals surface area contributed by atoms with Gasteiger partial charge in [0.2, 0.25) is 5.91 Å². The van der Waals surface area contributed by atoms with Crippen molar-refractivity contribution in [3.05, 3.63) is 65.5 Å². The zero-order chi connectivity index (χ0) is 18.8. The van der Waals surface area contributed by atoms with Crippen molar-refractivity contribution >= 4 is 11.8 Å². The van der Waals surface area contributed by atoms with Gasteiger partial charge >= 0.3 is 0 Å². The second kappa shape index (κ2) is 7.48. The van der Waals surface area contributed by atoms with Crippen molar-refractivity contribution in [2.75, 3.05) is 26.2 Å². The number of carbonyl (C=O) groups is 2. The van der Waals surface area contributed by atoms with Crippen LogP contribution in [-0.4, -0.2) is 65.0 Å². The molecule has 140 valence electrons. The van der Waals surface area contributed by atoms with E-state index in [4.69, 9.17) is 4.74 Å². The van der Waals surface area contributed by atoms with E-state index in [1.54, 1.807) is 11.0 Å². The maximum Gasteiger partial charge on any atom is 0.272 e. The van der Waals surface area contributed by atoms with E-state index < -0.39 is 0 Å². The van der Waals surface area contributed by atoms with Gasteiger partial charge in [0.15, 0.2) is 0 Å². The number of carbonyl (C=O) groups excluding carboxylic acids is 2. The maximum absolute atomic E-state index is 12.8. The number of hydrogen-bond donors (Lipinski definition) is 0. The number of rotatable bonds is 4. The van der Waals surface area contributed by atoms with Gasteiger partial charge in [0.05, 0.1) is 12.1 Å². The van der Waals surface area contributed by atoms with Crippen LogP contribution < -0.4 is 0 Å². The van der Waals surface area contributed by atoms with Gasteiger partial charge in [0.25, 0.3) is 5.91 Å². The molecule has 0 spiro atoms. The van der Waals surface area contributed by atoms with Crippen LogP contribution in [0, 0.1) is 6.92 Å². The van der Waals surface area contributed by atoms with Gasteiger partial charge in [-0.25, -0.2) is 4.98 Å². The first-order chi connectivity index (χ1) is 13.1. The lowest BCUT2D eigenvalue weighted by atomic mass is 10.1. The van der Waals surface area contributed by atoms with Crippen molar-refractivity contribution in [2.24, 2.45) is 0 Å². The van der Waals surface area contributed by atoms with Crippen LogP contribution in [-0.2, 0) is 16.0 Å². The highest BCUT2D eigenvalue weighted by Crippen LogP contribution is 2.25. The normalized spacial score (nSPS) is 22.0. The second-order valence-corrected chi connectivity index (χ2v) is 7.11. The molecule has 0 radical (unpaired) electrons. The van der Waals surface area contributed by atoms with Gasteiger partial charge in [-0.2, -0.15) is 0 Å². The fourth-order valence-corrected chi connectivity index (χ4v) is 3.84. The smallest absolute Gasteiger partial charge is 0.272 e. The number of nitrogens with zero attached hydrogens (tertiary/aromatic N) is 3. The molecule has 4 rings (SSSR count). The SMILES string of the molecule is Cc1cccc(C(=O)N2C[C@@H]3OCC(=O)N(CCc4ccccc4)[C@H]3C2)n1. The number of morpholine rings is 1. The predicted molar refractivity (Wildman–Crippen MR) is 100 cm³/mol. The number of likely N-dealkylation sites (tertiary alicyclic amines) is 1. The molecule has 2 amide bonds. The van der Waals surface area contributed by atoms with Crippen molar-refractivity contribution in [1.82, 2.24) is 14.8 Å². The molecule has 2 saturated heterocycles. The third kappa shape index (κ3) is 3.71. The van der Waals surface area contributed by atoms with E-state index >= 15 is 0 Å². The number of amides is 2. The van der Waals surface area contributed by atoms with E-state index in [1.165, 1.54) is 5.56 Å². The van der Waals surface area contributed by atoms with Gasteiger partial charge in [0.1, 0.15) is 12.3 Å². The molecule has 27 heavy (non-hydrogen) atoms. The summed E-state index contributed by atoms with van der Waals surface area (Å²) in [5.41, 5.74) is 2.45. The minimum Gasteiger partial charge on any atom is -0.364 e. The van der Waals surface area contributed by atoms with E-state index in [2.05, 4.69) is 17.1 Å². The van der Waals surface area contributed by atoms with Crippen molar-refractivity contribution < 1.29 is 14.3 Å². The molecule has 6 heteroatoms. The van der Waals surface area contributed by atoms with E-state index in [9.17, 15) is 9.59 Å². The number of pyridine rings is 1. The molecule has 0 N–H and O–H groups in total. The van der Waals surface area contributed by atoms with Crippen LogP contribution in [0.25, 0.3) is 0 Å². The Bertz CT molecular complexity index is 840. The molecule has 0 bridgehead atoms. The minimum absolute atomic E-state index is 0.00448. The predicted octanol–water partition coefficient (Wildman–Crippen LogP) is 1.68. The lowest BCUT2D eigenvalue weighted by Crippen LogP contribution is -2.54. The van der Waals surface area contributed by atoms with E-state index in [0.717, 1.165) is 12.1 Å². The molecular weight excluding hydrogens is 342 g/mol. The Morgan fingerprint density at radius 3 is 2.74 bits per heavy atom. The third-order valence-corrected chi connectivity index (χ3v) is 5.26. The molecule has 3 heterocycles. The number of hydrogen-bond acceptors (Lipinski definition) is 4. The highest BCUT2D eigenvalue weighted by molar-refractivity contribution is 5.92. The average molecular weight is 365 g/mol. The molecule has 2 fully saturated rings. The standard InChI is InChI=1S/C21H23N3O3/c1-15-6-5-9-17(22-15)21(26)23-12-18-19(13-23)27-14-20(25)24(18)11-10-16-7-3-2-4-8-16/h2-9,18-19H,10-14H2,1H3/t18-,19-/m0/s1. The molecule has 2 aliphatic heterocycles. The first-order valence-electron chi connectivity index (χ1n) is 9.30. The quantitative estimate of drug-likeness (QED) is 0.827. The molecule has 6 nitrogen and oxygen atoms in total. The number of aromatic nitrogens is 1. The summed E-state index contributed by atoms with van der Waals surface area (Å²) in [7, 11) is 0. The lowest BCUT2D eigenvalue weighted by Gasteiger charge is -2.36. The van der Waals surface area contributed by atoms with Crippen LogP contribution in [0.4, 0.5) is 0 Å². The molecule has 0 aliphatic carbocycles. The monoisotopic (exact) mass is 365 g/mol. The Labute approximate surface area is 158 Å². The molecule has 2 aliphatic rings. The van der Waals surface area contributed by atoms with Crippen molar-refractivity contribution in [3.63, 3.8) is 0 Å². The molecule has 2 aromatic rings. The summed E-state index contributed by atoms with van der Waals surface area (Å²) in [6.45, 7) is 3.57. The van der Waals surface area contributed by atoms with E-state index in [1.807, 2.05) is 42.2 Å². The second-order valence-electron chi connectivity index (χ2n) is 7.11. The first-order valence-corrected chi connectivity index (χ1v) is 9.30. The fourth-order valence-electron chi connectivity index (χ4n) is 3.84. The van der Waals surface area contributed by atoms with Crippen molar-refractivity contribution in [2.45, 2.75) is 25.5 Å². The van der Waals surface area contributed by atoms with E-state index in [0.29, 0.717) is 25.3 Å². The zero-order valence-corrected chi connectivity index (χ0v) is 15.4. The minimum atomic E-state index is -0.132. The van der Waals surface area contributed by atoms with Crippen LogP contribution >= 0.6 is 0 Å². The summed E-state index contributed by atoms with van der Waals surface area (Å²) in [5, 5.41) is 0. The van der Waals surface area contributed by atoms with Crippen LogP contribution in [0.3, 0.4) is 0 Å². The average Bonchev–Trinajstić information content (AvgIpc) is 3.12. The largest absolute Gasteiger partial charge is 0.364 e. The van der Waals surface area contributed by atoms with Gasteiger partial charge in [0, 0.05) is 25.3 Å². The Hall–Kier alpha value is -2.73. The van der Waals surface area contributed by atoms with Gasteiger partial charge in [-0.05, 0) is 31.0 Å². The molecular formula is C21H23N3O3. The first kappa shape index (κ1) is 17.7. The van der Waals surface area contributed by atoms with Crippen LogP contribution in [0.15, 0.2) is 48.5 Å².